The van der Waals surface area contributed by atoms with Crippen molar-refractivity contribution in [1.29, 1.82) is 0 Å². The fourth-order valence-electron chi connectivity index (χ4n) is 1.11. The molecule has 1 aliphatic heterocycles. The average Bonchev–Trinajstić information content (AvgIpc) is 2.04. The highest BCUT2D eigenvalue weighted by atomic mass is 16.5. The summed E-state index contributed by atoms with van der Waals surface area (Å²) in [5.74, 6) is 1.55. The molecule has 1 N–H and O–H groups in total. The van der Waals surface area contributed by atoms with Crippen molar-refractivity contribution in [3.05, 3.63) is 24.5 Å². The van der Waals surface area contributed by atoms with E-state index in [1.165, 1.54) is 0 Å². The molecule has 1 aromatic heterocycles. The molecule has 0 unspecified atom stereocenters. The molecule has 2 heterocycles. The van der Waals surface area contributed by atoms with E-state index >= 15 is 0 Å². The van der Waals surface area contributed by atoms with Crippen LogP contribution in [0.3, 0.4) is 0 Å². The van der Waals surface area contributed by atoms with Gasteiger partial charge in [0.05, 0.1) is 12.8 Å². The van der Waals surface area contributed by atoms with Crippen LogP contribution < -0.4 is 10.1 Å². The van der Waals surface area contributed by atoms with Crippen LogP contribution in [0.1, 0.15) is 0 Å². The number of pyridine rings is 1. The van der Waals surface area contributed by atoms with Crippen LogP contribution in [0.15, 0.2) is 24.5 Å². The quantitative estimate of drug-likeness (QED) is 0.713. The molecule has 1 fully saturated rings. The summed E-state index contributed by atoms with van der Waals surface area (Å²) in [6.45, 7) is 2.97. The zero-order valence-electron chi connectivity index (χ0n) is 6.86. The number of nitrogens with one attached hydrogen (secondary N) is 1. The molecule has 0 spiro atoms. The smallest absolute Gasteiger partial charge is 0.137 e. The van der Waals surface area contributed by atoms with Gasteiger partial charge in [0, 0.05) is 25.2 Å². The Kier molecular flexibility index (Phi) is 2.23. The Morgan fingerprint density at radius 3 is 3.08 bits per heavy atom. The van der Waals surface area contributed by atoms with E-state index in [0.717, 1.165) is 25.4 Å². The van der Waals surface area contributed by atoms with Crippen molar-refractivity contribution < 1.29 is 4.74 Å². The minimum absolute atomic E-state index is 0.685. The van der Waals surface area contributed by atoms with Gasteiger partial charge < -0.3 is 10.1 Å². The minimum atomic E-state index is 0.685. The highest BCUT2D eigenvalue weighted by Gasteiger charge is 2.16. The first-order valence-corrected chi connectivity index (χ1v) is 4.19. The third kappa shape index (κ3) is 1.74. The van der Waals surface area contributed by atoms with Gasteiger partial charge in [-0.2, -0.15) is 0 Å². The van der Waals surface area contributed by atoms with Crippen LogP contribution in [0.4, 0.5) is 0 Å². The maximum Gasteiger partial charge on any atom is 0.137 e. The zero-order valence-corrected chi connectivity index (χ0v) is 6.86. The third-order valence-electron chi connectivity index (χ3n) is 1.99. The van der Waals surface area contributed by atoms with Crippen molar-refractivity contribution >= 4 is 0 Å². The zero-order chi connectivity index (χ0) is 8.23. The summed E-state index contributed by atoms with van der Waals surface area (Å²) in [7, 11) is 0. The van der Waals surface area contributed by atoms with E-state index in [1.807, 2.05) is 12.1 Å². The Morgan fingerprint density at radius 1 is 1.58 bits per heavy atom. The standard InChI is InChI=1S/C9H12N2O/c1-2-9(6-10-3-1)12-7-8-4-11-5-8/h1-3,6,8,11H,4-5,7H2. The molecule has 3 heteroatoms. The van der Waals surface area contributed by atoms with Crippen molar-refractivity contribution in [2.75, 3.05) is 19.7 Å². The summed E-state index contributed by atoms with van der Waals surface area (Å²) in [4.78, 5) is 3.97. The lowest BCUT2D eigenvalue weighted by Gasteiger charge is -2.26. The largest absolute Gasteiger partial charge is 0.492 e. The highest BCUT2D eigenvalue weighted by Crippen LogP contribution is 2.09. The molecule has 1 aliphatic rings. The Hall–Kier alpha value is -1.09. The monoisotopic (exact) mass is 164 g/mol. The topological polar surface area (TPSA) is 34.1 Å². The Morgan fingerprint density at radius 2 is 2.50 bits per heavy atom. The van der Waals surface area contributed by atoms with Gasteiger partial charge in [-0.1, -0.05) is 0 Å². The van der Waals surface area contributed by atoms with Crippen molar-refractivity contribution in [1.82, 2.24) is 10.3 Å². The molecule has 0 atom stereocenters. The van der Waals surface area contributed by atoms with Gasteiger partial charge in [0.2, 0.25) is 0 Å². The summed E-state index contributed by atoms with van der Waals surface area (Å²) in [5, 5.41) is 3.20. The molecule has 0 aliphatic carbocycles. The van der Waals surface area contributed by atoms with Crippen molar-refractivity contribution in [2.45, 2.75) is 0 Å². The van der Waals surface area contributed by atoms with Gasteiger partial charge in [-0.25, -0.2) is 0 Å². The van der Waals surface area contributed by atoms with Crippen molar-refractivity contribution in [2.24, 2.45) is 5.92 Å². The second-order valence-corrected chi connectivity index (χ2v) is 3.02. The van der Waals surface area contributed by atoms with Crippen LogP contribution in [-0.2, 0) is 0 Å². The van der Waals surface area contributed by atoms with Crippen LogP contribution in [0, 0.1) is 5.92 Å². The van der Waals surface area contributed by atoms with Crippen LogP contribution >= 0.6 is 0 Å². The molecule has 0 saturated carbocycles. The average molecular weight is 164 g/mol. The van der Waals surface area contributed by atoms with E-state index in [1.54, 1.807) is 12.4 Å². The van der Waals surface area contributed by atoms with Crippen molar-refractivity contribution in [3.8, 4) is 5.75 Å². The summed E-state index contributed by atoms with van der Waals surface area (Å²) >= 11 is 0. The fourth-order valence-corrected chi connectivity index (χ4v) is 1.11. The highest BCUT2D eigenvalue weighted by molar-refractivity contribution is 5.15. The fraction of sp³-hybridized carbons (Fsp3) is 0.444. The summed E-state index contributed by atoms with van der Waals surface area (Å²) in [6.07, 6.45) is 3.49. The number of hydrogen-bond donors (Lipinski definition) is 1. The normalized spacial score (nSPS) is 17.0. The maximum atomic E-state index is 5.51. The van der Waals surface area contributed by atoms with Gasteiger partial charge in [-0.05, 0) is 12.1 Å². The van der Waals surface area contributed by atoms with Crippen molar-refractivity contribution in [3.63, 3.8) is 0 Å². The lowest BCUT2D eigenvalue weighted by atomic mass is 10.1. The molecule has 1 aromatic rings. The number of aromatic nitrogens is 1. The molecule has 0 aromatic carbocycles. The first-order chi connectivity index (χ1) is 5.95. The van der Waals surface area contributed by atoms with Crippen LogP contribution in [0.25, 0.3) is 0 Å². The number of hydrogen-bond acceptors (Lipinski definition) is 3. The van der Waals surface area contributed by atoms with Gasteiger partial charge in [0.15, 0.2) is 0 Å². The van der Waals surface area contributed by atoms with E-state index in [4.69, 9.17) is 4.74 Å². The molecule has 1 saturated heterocycles. The molecule has 0 bridgehead atoms. The first kappa shape index (κ1) is 7.55. The predicted molar refractivity (Wildman–Crippen MR) is 46.1 cm³/mol. The number of ether oxygens (including phenoxy) is 1. The molecular formula is C9H12N2O. The Labute approximate surface area is 71.8 Å². The molecular weight excluding hydrogens is 152 g/mol. The Bertz CT molecular complexity index is 234. The summed E-state index contributed by atoms with van der Waals surface area (Å²) in [5.41, 5.74) is 0. The van der Waals surface area contributed by atoms with E-state index in [0.29, 0.717) is 5.92 Å². The Balaban J connectivity index is 1.79. The van der Waals surface area contributed by atoms with Gasteiger partial charge >= 0.3 is 0 Å². The van der Waals surface area contributed by atoms with Gasteiger partial charge in [0.1, 0.15) is 5.75 Å². The second kappa shape index (κ2) is 3.54. The number of nitrogens with zero attached hydrogens (tertiary/aromatic N) is 1. The lowest BCUT2D eigenvalue weighted by molar-refractivity contribution is 0.198. The van der Waals surface area contributed by atoms with Crippen LogP contribution in [-0.4, -0.2) is 24.7 Å². The van der Waals surface area contributed by atoms with Gasteiger partial charge in [-0.3, -0.25) is 4.98 Å². The van der Waals surface area contributed by atoms with Crippen LogP contribution in [0.5, 0.6) is 5.75 Å². The molecule has 2 rings (SSSR count). The summed E-state index contributed by atoms with van der Waals surface area (Å²) in [6, 6.07) is 3.81. The van der Waals surface area contributed by atoms with E-state index in [-0.39, 0.29) is 0 Å². The second-order valence-electron chi connectivity index (χ2n) is 3.02. The SMILES string of the molecule is c1cncc(OCC2CNC2)c1. The molecule has 0 radical (unpaired) electrons. The third-order valence-corrected chi connectivity index (χ3v) is 1.99. The van der Waals surface area contributed by atoms with Gasteiger partial charge in [-0.15, -0.1) is 0 Å². The molecule has 12 heavy (non-hydrogen) atoms. The number of rotatable bonds is 3. The predicted octanol–water partition coefficient (Wildman–Crippen LogP) is 0.680. The van der Waals surface area contributed by atoms with E-state index in [9.17, 15) is 0 Å². The molecule has 0 amide bonds. The molecule has 3 nitrogen and oxygen atoms in total. The first-order valence-electron chi connectivity index (χ1n) is 4.19. The summed E-state index contributed by atoms with van der Waals surface area (Å²) < 4.78 is 5.51. The lowest BCUT2D eigenvalue weighted by Crippen LogP contribution is -2.45. The van der Waals surface area contributed by atoms with E-state index < -0.39 is 0 Å². The van der Waals surface area contributed by atoms with Crippen LogP contribution in [0.2, 0.25) is 0 Å². The van der Waals surface area contributed by atoms with Gasteiger partial charge in [0.25, 0.3) is 0 Å². The molecule has 64 valence electrons. The maximum absolute atomic E-state index is 5.51. The van der Waals surface area contributed by atoms with E-state index in [2.05, 4.69) is 10.3 Å². The minimum Gasteiger partial charge on any atom is -0.492 e.